The van der Waals surface area contributed by atoms with Gasteiger partial charge in [0.1, 0.15) is 0 Å². The second-order valence-corrected chi connectivity index (χ2v) is 4.85. The third-order valence-corrected chi connectivity index (χ3v) is 3.10. The van der Waals surface area contributed by atoms with Crippen molar-refractivity contribution in [3.63, 3.8) is 0 Å². The van der Waals surface area contributed by atoms with Crippen LogP contribution in [0.2, 0.25) is 5.02 Å². The number of carbonyl (C=O) groups excluding carboxylic acids is 2. The fourth-order valence-electron chi connectivity index (χ4n) is 1.84. The van der Waals surface area contributed by atoms with E-state index in [0.717, 1.165) is 5.56 Å². The molecule has 0 aromatic heterocycles. The molecule has 2 aromatic rings. The minimum atomic E-state index is -0.505. The SMILES string of the molecule is COC(=O)c1ccccc1NC(=O)C=Cc1cccc(Cl)c1. The van der Waals surface area contributed by atoms with Crippen LogP contribution in [0.15, 0.2) is 54.6 Å². The molecule has 0 unspecified atom stereocenters. The lowest BCUT2D eigenvalue weighted by atomic mass is 10.1. The summed E-state index contributed by atoms with van der Waals surface area (Å²) in [7, 11) is 1.29. The van der Waals surface area contributed by atoms with Crippen LogP contribution in [-0.2, 0) is 9.53 Å². The van der Waals surface area contributed by atoms with E-state index in [-0.39, 0.29) is 5.91 Å². The summed E-state index contributed by atoms with van der Waals surface area (Å²) in [6.45, 7) is 0. The Kier molecular flexibility index (Phi) is 5.33. The number of esters is 1. The zero-order chi connectivity index (χ0) is 15.9. The summed E-state index contributed by atoms with van der Waals surface area (Å²) in [5.41, 5.74) is 1.51. The topological polar surface area (TPSA) is 55.4 Å². The highest BCUT2D eigenvalue weighted by atomic mass is 35.5. The van der Waals surface area contributed by atoms with E-state index in [1.54, 1.807) is 48.5 Å². The first kappa shape index (κ1) is 15.8. The Morgan fingerprint density at radius 2 is 1.91 bits per heavy atom. The Labute approximate surface area is 133 Å². The first-order chi connectivity index (χ1) is 10.6. The lowest BCUT2D eigenvalue weighted by Crippen LogP contribution is -2.12. The standard InChI is InChI=1S/C17H14ClNO3/c1-22-17(21)14-7-2-3-8-15(14)19-16(20)10-9-12-5-4-6-13(18)11-12/h2-11H,1H3,(H,19,20). The van der Waals surface area contributed by atoms with Crippen LogP contribution in [0.1, 0.15) is 15.9 Å². The number of amides is 1. The molecule has 0 bridgehead atoms. The zero-order valence-corrected chi connectivity index (χ0v) is 12.6. The highest BCUT2D eigenvalue weighted by Crippen LogP contribution is 2.16. The van der Waals surface area contributed by atoms with E-state index in [4.69, 9.17) is 11.6 Å². The van der Waals surface area contributed by atoms with E-state index in [1.165, 1.54) is 13.2 Å². The number of anilines is 1. The van der Waals surface area contributed by atoms with Crippen molar-refractivity contribution in [2.75, 3.05) is 12.4 Å². The second-order valence-electron chi connectivity index (χ2n) is 4.41. The van der Waals surface area contributed by atoms with Gasteiger partial charge in [0, 0.05) is 11.1 Å². The fraction of sp³-hybridized carbons (Fsp3) is 0.0588. The number of ether oxygens (including phenoxy) is 1. The van der Waals surface area contributed by atoms with Crippen molar-refractivity contribution in [2.45, 2.75) is 0 Å². The molecule has 0 heterocycles. The van der Waals surface area contributed by atoms with Gasteiger partial charge in [0.05, 0.1) is 18.4 Å². The van der Waals surface area contributed by atoms with Crippen LogP contribution in [0.4, 0.5) is 5.69 Å². The molecule has 2 rings (SSSR count). The van der Waals surface area contributed by atoms with Gasteiger partial charge in [-0.2, -0.15) is 0 Å². The molecule has 22 heavy (non-hydrogen) atoms. The summed E-state index contributed by atoms with van der Waals surface area (Å²) < 4.78 is 4.68. The van der Waals surface area contributed by atoms with Gasteiger partial charge in [-0.1, -0.05) is 35.9 Å². The lowest BCUT2D eigenvalue weighted by Gasteiger charge is -2.07. The van der Waals surface area contributed by atoms with Gasteiger partial charge in [-0.05, 0) is 35.9 Å². The van der Waals surface area contributed by atoms with Crippen molar-refractivity contribution in [3.05, 3.63) is 70.8 Å². The quantitative estimate of drug-likeness (QED) is 0.690. The summed E-state index contributed by atoms with van der Waals surface area (Å²) in [4.78, 5) is 23.6. The monoisotopic (exact) mass is 315 g/mol. The number of benzene rings is 2. The molecule has 2 aromatic carbocycles. The van der Waals surface area contributed by atoms with Crippen LogP contribution < -0.4 is 5.32 Å². The molecule has 5 heteroatoms. The Morgan fingerprint density at radius 1 is 1.14 bits per heavy atom. The predicted molar refractivity (Wildman–Crippen MR) is 86.9 cm³/mol. The molecule has 0 saturated carbocycles. The number of carbonyl (C=O) groups is 2. The first-order valence-electron chi connectivity index (χ1n) is 6.52. The Morgan fingerprint density at radius 3 is 2.64 bits per heavy atom. The molecule has 0 spiro atoms. The van der Waals surface area contributed by atoms with Crippen LogP contribution in [0.5, 0.6) is 0 Å². The summed E-state index contributed by atoms with van der Waals surface area (Å²) in [5, 5.41) is 3.25. The van der Waals surface area contributed by atoms with Gasteiger partial charge < -0.3 is 10.1 Å². The molecule has 4 nitrogen and oxygen atoms in total. The predicted octanol–water partition coefficient (Wildman–Crippen LogP) is 3.78. The second kappa shape index (κ2) is 7.43. The molecule has 0 fully saturated rings. The smallest absolute Gasteiger partial charge is 0.339 e. The Bertz CT molecular complexity index is 725. The first-order valence-corrected chi connectivity index (χ1v) is 6.90. The minimum Gasteiger partial charge on any atom is -0.465 e. The van der Waals surface area contributed by atoms with Gasteiger partial charge >= 0.3 is 5.97 Å². The average Bonchev–Trinajstić information content (AvgIpc) is 2.53. The Hall–Kier alpha value is -2.59. The van der Waals surface area contributed by atoms with Crippen molar-refractivity contribution in [2.24, 2.45) is 0 Å². The van der Waals surface area contributed by atoms with Gasteiger partial charge in [0.2, 0.25) is 5.91 Å². The van der Waals surface area contributed by atoms with Crippen LogP contribution in [0.25, 0.3) is 6.08 Å². The largest absolute Gasteiger partial charge is 0.465 e. The molecule has 0 atom stereocenters. The molecule has 0 aliphatic rings. The third kappa shape index (κ3) is 4.20. The van der Waals surface area contributed by atoms with Crippen LogP contribution in [-0.4, -0.2) is 19.0 Å². The van der Waals surface area contributed by atoms with E-state index in [2.05, 4.69) is 10.1 Å². The third-order valence-electron chi connectivity index (χ3n) is 2.87. The molecule has 1 amide bonds. The molecule has 0 aliphatic carbocycles. The summed E-state index contributed by atoms with van der Waals surface area (Å²) in [6, 6.07) is 13.8. The number of methoxy groups -OCH3 is 1. The van der Waals surface area contributed by atoms with Gasteiger partial charge in [-0.3, -0.25) is 4.79 Å². The minimum absolute atomic E-state index is 0.300. The van der Waals surface area contributed by atoms with E-state index in [0.29, 0.717) is 16.3 Å². The van der Waals surface area contributed by atoms with Gasteiger partial charge in [0.25, 0.3) is 0 Å². The average molecular weight is 316 g/mol. The molecule has 0 aliphatic heterocycles. The number of hydrogen-bond acceptors (Lipinski definition) is 3. The van der Waals surface area contributed by atoms with Gasteiger partial charge in [-0.15, -0.1) is 0 Å². The lowest BCUT2D eigenvalue weighted by molar-refractivity contribution is -0.111. The number of halogens is 1. The van der Waals surface area contributed by atoms with Crippen molar-refractivity contribution < 1.29 is 14.3 Å². The summed E-state index contributed by atoms with van der Waals surface area (Å²) >= 11 is 5.88. The normalized spacial score (nSPS) is 10.5. The molecular formula is C17H14ClNO3. The highest BCUT2D eigenvalue weighted by molar-refractivity contribution is 6.30. The van der Waals surface area contributed by atoms with Crippen LogP contribution >= 0.6 is 11.6 Å². The van der Waals surface area contributed by atoms with Crippen molar-refractivity contribution in [1.29, 1.82) is 0 Å². The fourth-order valence-corrected chi connectivity index (χ4v) is 2.04. The van der Waals surface area contributed by atoms with E-state index in [1.807, 2.05) is 6.07 Å². The van der Waals surface area contributed by atoms with Gasteiger partial charge in [-0.25, -0.2) is 4.79 Å². The van der Waals surface area contributed by atoms with E-state index in [9.17, 15) is 9.59 Å². The molecule has 112 valence electrons. The number of rotatable bonds is 4. The maximum absolute atomic E-state index is 12.0. The number of nitrogens with one attached hydrogen (secondary N) is 1. The van der Waals surface area contributed by atoms with E-state index < -0.39 is 5.97 Å². The zero-order valence-electron chi connectivity index (χ0n) is 11.9. The molecule has 1 N–H and O–H groups in total. The van der Waals surface area contributed by atoms with Crippen LogP contribution in [0.3, 0.4) is 0 Å². The molecule has 0 radical (unpaired) electrons. The maximum atomic E-state index is 12.0. The molecular weight excluding hydrogens is 302 g/mol. The number of hydrogen-bond donors (Lipinski definition) is 1. The van der Waals surface area contributed by atoms with Crippen LogP contribution in [0, 0.1) is 0 Å². The number of para-hydroxylation sites is 1. The summed E-state index contributed by atoms with van der Waals surface area (Å²) in [5.74, 6) is -0.856. The van der Waals surface area contributed by atoms with Crippen molar-refractivity contribution in [1.82, 2.24) is 0 Å². The summed E-state index contributed by atoms with van der Waals surface area (Å²) in [6.07, 6.45) is 3.02. The van der Waals surface area contributed by atoms with Crippen molar-refractivity contribution >= 4 is 35.2 Å². The highest BCUT2D eigenvalue weighted by Gasteiger charge is 2.11. The maximum Gasteiger partial charge on any atom is 0.339 e. The molecule has 0 saturated heterocycles. The van der Waals surface area contributed by atoms with Crippen molar-refractivity contribution in [3.8, 4) is 0 Å². The van der Waals surface area contributed by atoms with E-state index >= 15 is 0 Å². The Balaban J connectivity index is 2.11. The van der Waals surface area contributed by atoms with Gasteiger partial charge in [0.15, 0.2) is 0 Å².